The number of hydrogen-bond acceptors (Lipinski definition) is 6. The molecule has 0 aliphatic carbocycles. The van der Waals surface area contributed by atoms with Gasteiger partial charge in [-0.1, -0.05) is 0 Å². The second kappa shape index (κ2) is 6.67. The zero-order valence-electron chi connectivity index (χ0n) is 13.4. The average Bonchev–Trinajstić information content (AvgIpc) is 3.12. The van der Waals surface area contributed by atoms with Gasteiger partial charge >= 0.3 is 0 Å². The van der Waals surface area contributed by atoms with Crippen LogP contribution in [0.25, 0.3) is 0 Å². The zero-order valence-corrected chi connectivity index (χ0v) is 13.4. The van der Waals surface area contributed by atoms with Gasteiger partial charge in [0.15, 0.2) is 23.1 Å². The van der Waals surface area contributed by atoms with Gasteiger partial charge in [0, 0.05) is 17.3 Å². The number of hydrogen-bond donors (Lipinski definition) is 2. The van der Waals surface area contributed by atoms with Crippen molar-refractivity contribution in [2.45, 2.75) is 0 Å². The van der Waals surface area contributed by atoms with E-state index in [0.717, 1.165) is 5.69 Å². The summed E-state index contributed by atoms with van der Waals surface area (Å²) in [7, 11) is 0. The number of nitrogens with one attached hydrogen (secondary N) is 2. The van der Waals surface area contributed by atoms with E-state index in [9.17, 15) is 9.18 Å². The third-order valence-electron chi connectivity index (χ3n) is 3.66. The van der Waals surface area contributed by atoms with Crippen LogP contribution in [0.3, 0.4) is 0 Å². The van der Waals surface area contributed by atoms with E-state index in [0.29, 0.717) is 22.9 Å². The Labute approximate surface area is 147 Å². The lowest BCUT2D eigenvalue weighted by Crippen LogP contribution is -2.13. The van der Waals surface area contributed by atoms with Crippen molar-refractivity contribution in [3.05, 3.63) is 66.0 Å². The molecule has 0 saturated heterocycles. The summed E-state index contributed by atoms with van der Waals surface area (Å²) in [5.41, 5.74) is 1.10. The number of carbonyl (C=O) groups is 1. The summed E-state index contributed by atoms with van der Waals surface area (Å²) >= 11 is 0. The minimum atomic E-state index is -0.403. The molecule has 0 spiro atoms. The van der Waals surface area contributed by atoms with Crippen molar-refractivity contribution in [2.75, 3.05) is 17.4 Å². The molecule has 2 aromatic carbocycles. The van der Waals surface area contributed by atoms with Gasteiger partial charge in [0.25, 0.3) is 5.91 Å². The number of benzene rings is 2. The lowest BCUT2D eigenvalue weighted by atomic mass is 10.2. The molecule has 1 aliphatic heterocycles. The van der Waals surface area contributed by atoms with Gasteiger partial charge in [-0.2, -0.15) is 0 Å². The minimum absolute atomic E-state index is 0.209. The van der Waals surface area contributed by atoms with E-state index < -0.39 is 11.7 Å². The molecule has 0 fully saturated rings. The molecule has 26 heavy (non-hydrogen) atoms. The number of carbonyl (C=O) groups excluding carboxylic acids is 1. The lowest BCUT2D eigenvalue weighted by molar-refractivity contribution is 0.102. The van der Waals surface area contributed by atoms with Crippen LogP contribution in [0.15, 0.2) is 54.6 Å². The Morgan fingerprint density at radius 3 is 2.42 bits per heavy atom. The molecule has 0 atom stereocenters. The number of rotatable bonds is 4. The van der Waals surface area contributed by atoms with Crippen molar-refractivity contribution < 1.29 is 18.7 Å². The molecule has 2 N–H and O–H groups in total. The van der Waals surface area contributed by atoms with Gasteiger partial charge in [-0.3, -0.25) is 4.79 Å². The van der Waals surface area contributed by atoms with Crippen LogP contribution in [0, 0.1) is 5.82 Å². The highest BCUT2D eigenvalue weighted by molar-refractivity contribution is 6.03. The van der Waals surface area contributed by atoms with Crippen LogP contribution in [0.4, 0.5) is 21.7 Å². The first kappa shape index (κ1) is 15.8. The summed E-state index contributed by atoms with van der Waals surface area (Å²) in [4.78, 5) is 12.1. The number of nitrogens with zero attached hydrogens (tertiary/aromatic N) is 2. The van der Waals surface area contributed by atoms with Crippen LogP contribution < -0.4 is 20.1 Å². The summed E-state index contributed by atoms with van der Waals surface area (Å²) in [5, 5.41) is 13.7. The first-order valence-electron chi connectivity index (χ1n) is 7.75. The molecule has 0 unspecified atom stereocenters. The summed E-state index contributed by atoms with van der Waals surface area (Å²) in [6.07, 6.45) is 0. The van der Waals surface area contributed by atoms with Crippen molar-refractivity contribution in [2.24, 2.45) is 0 Å². The van der Waals surface area contributed by atoms with E-state index in [4.69, 9.17) is 9.47 Å². The molecule has 0 radical (unpaired) electrons. The van der Waals surface area contributed by atoms with E-state index in [2.05, 4.69) is 20.8 Å². The molecule has 2 heterocycles. The summed E-state index contributed by atoms with van der Waals surface area (Å²) in [6.45, 7) is 0.209. The molecule has 3 aromatic rings. The van der Waals surface area contributed by atoms with E-state index in [1.165, 1.54) is 24.3 Å². The number of halogens is 1. The summed E-state index contributed by atoms with van der Waals surface area (Å²) in [6, 6.07) is 14.0. The Morgan fingerprint density at radius 1 is 0.923 bits per heavy atom. The third kappa shape index (κ3) is 3.39. The average molecular weight is 352 g/mol. The van der Waals surface area contributed by atoms with Gasteiger partial charge in [-0.15, -0.1) is 10.2 Å². The van der Waals surface area contributed by atoms with Gasteiger partial charge in [0.05, 0.1) is 0 Å². The fourth-order valence-corrected chi connectivity index (χ4v) is 2.38. The Kier molecular flexibility index (Phi) is 4.06. The number of aromatic nitrogens is 2. The maximum atomic E-state index is 12.9. The SMILES string of the molecule is O=C(Nc1ccc(Nc2ccc3c(c2)OCO3)nn1)c1ccc(F)cc1. The number of anilines is 3. The van der Waals surface area contributed by atoms with Gasteiger partial charge in [-0.25, -0.2) is 4.39 Å². The maximum absolute atomic E-state index is 12.9. The van der Waals surface area contributed by atoms with Crippen LogP contribution in [0.5, 0.6) is 11.5 Å². The van der Waals surface area contributed by atoms with Crippen LogP contribution in [0.2, 0.25) is 0 Å². The summed E-state index contributed by atoms with van der Waals surface area (Å²) < 4.78 is 23.5. The highest BCUT2D eigenvalue weighted by Gasteiger charge is 2.13. The highest BCUT2D eigenvalue weighted by atomic mass is 19.1. The van der Waals surface area contributed by atoms with Crippen LogP contribution in [-0.2, 0) is 0 Å². The van der Waals surface area contributed by atoms with Gasteiger partial charge < -0.3 is 20.1 Å². The molecule has 8 heteroatoms. The van der Waals surface area contributed by atoms with Gasteiger partial charge in [0.1, 0.15) is 5.82 Å². The zero-order chi connectivity index (χ0) is 17.9. The Balaban J connectivity index is 1.42. The molecule has 1 aliphatic rings. The lowest BCUT2D eigenvalue weighted by Gasteiger charge is -2.07. The van der Waals surface area contributed by atoms with Crippen LogP contribution >= 0.6 is 0 Å². The second-order valence-corrected chi connectivity index (χ2v) is 5.46. The van der Waals surface area contributed by atoms with Gasteiger partial charge in [-0.05, 0) is 48.5 Å². The molecular weight excluding hydrogens is 339 g/mol. The number of ether oxygens (including phenoxy) is 2. The Bertz CT molecular complexity index is 946. The maximum Gasteiger partial charge on any atom is 0.256 e. The molecule has 7 nitrogen and oxygen atoms in total. The van der Waals surface area contributed by atoms with Crippen molar-refractivity contribution in [1.82, 2.24) is 10.2 Å². The minimum Gasteiger partial charge on any atom is -0.454 e. The molecule has 0 saturated carbocycles. The molecule has 1 amide bonds. The van der Waals surface area contributed by atoms with E-state index in [1.807, 2.05) is 6.07 Å². The fraction of sp³-hybridized carbons (Fsp3) is 0.0556. The smallest absolute Gasteiger partial charge is 0.256 e. The van der Waals surface area contributed by atoms with Crippen LogP contribution in [0.1, 0.15) is 10.4 Å². The first-order valence-corrected chi connectivity index (χ1v) is 7.75. The largest absolute Gasteiger partial charge is 0.454 e. The van der Waals surface area contributed by atoms with Crippen molar-refractivity contribution in [3.8, 4) is 11.5 Å². The Morgan fingerprint density at radius 2 is 1.65 bits per heavy atom. The molecule has 1 aromatic heterocycles. The standard InChI is InChI=1S/C18H13FN4O3/c19-12-3-1-11(2-4-12)18(24)21-17-8-7-16(22-23-17)20-13-5-6-14-15(9-13)26-10-25-14/h1-9H,10H2,(H,20,22)(H,21,23,24). The first-order chi connectivity index (χ1) is 12.7. The van der Waals surface area contributed by atoms with Crippen molar-refractivity contribution >= 4 is 23.2 Å². The predicted molar refractivity (Wildman–Crippen MR) is 92.2 cm³/mol. The summed E-state index contributed by atoms with van der Waals surface area (Å²) in [5.74, 6) is 1.35. The molecule has 130 valence electrons. The van der Waals surface area contributed by atoms with Crippen molar-refractivity contribution in [3.63, 3.8) is 0 Å². The highest BCUT2D eigenvalue weighted by Crippen LogP contribution is 2.34. The normalized spacial score (nSPS) is 11.9. The predicted octanol–water partition coefficient (Wildman–Crippen LogP) is 3.34. The third-order valence-corrected chi connectivity index (χ3v) is 3.66. The van der Waals surface area contributed by atoms with E-state index in [1.54, 1.807) is 24.3 Å². The van der Waals surface area contributed by atoms with Crippen LogP contribution in [-0.4, -0.2) is 22.9 Å². The number of amides is 1. The monoisotopic (exact) mass is 352 g/mol. The fourth-order valence-electron chi connectivity index (χ4n) is 2.38. The van der Waals surface area contributed by atoms with Gasteiger partial charge in [0.2, 0.25) is 6.79 Å². The number of fused-ring (bicyclic) bond motifs is 1. The topological polar surface area (TPSA) is 85.4 Å². The molecule has 0 bridgehead atoms. The molecular formula is C18H13FN4O3. The van der Waals surface area contributed by atoms with E-state index in [-0.39, 0.29) is 12.6 Å². The molecule has 4 rings (SSSR count). The van der Waals surface area contributed by atoms with Crippen molar-refractivity contribution in [1.29, 1.82) is 0 Å². The second-order valence-electron chi connectivity index (χ2n) is 5.46. The Hall–Kier alpha value is -3.68. The van der Waals surface area contributed by atoms with E-state index >= 15 is 0 Å². The quantitative estimate of drug-likeness (QED) is 0.749.